The molecule has 0 saturated carbocycles. The molecule has 0 atom stereocenters. The Morgan fingerprint density at radius 2 is 2.05 bits per heavy atom. The second kappa shape index (κ2) is 7.13. The number of nitrogens with zero attached hydrogens (tertiary/aromatic N) is 1. The summed E-state index contributed by atoms with van der Waals surface area (Å²) in [7, 11) is 1.96. The fourth-order valence-corrected chi connectivity index (χ4v) is 2.23. The maximum absolute atomic E-state index is 9.83. The van der Waals surface area contributed by atoms with Crippen molar-refractivity contribution in [2.24, 2.45) is 0 Å². The van der Waals surface area contributed by atoms with Crippen LogP contribution in [0.4, 0.5) is 5.69 Å². The Morgan fingerprint density at radius 1 is 1.37 bits per heavy atom. The molecule has 2 N–H and O–H groups in total. The van der Waals surface area contributed by atoms with Crippen LogP contribution in [0.15, 0.2) is 18.2 Å². The van der Waals surface area contributed by atoms with Crippen molar-refractivity contribution in [2.75, 3.05) is 25.0 Å². The Labute approximate surface area is 121 Å². The third-order valence-corrected chi connectivity index (χ3v) is 3.20. The lowest BCUT2D eigenvalue weighted by atomic mass is 10.1. The number of likely N-dealkylation sites (N-methyl/N-ethyl adjacent to an activating group) is 1. The summed E-state index contributed by atoms with van der Waals surface area (Å²) in [5, 5.41) is 13.9. The zero-order valence-corrected chi connectivity index (χ0v) is 13.1. The molecule has 4 heteroatoms. The number of aliphatic hydroxyl groups is 1. The van der Waals surface area contributed by atoms with Crippen molar-refractivity contribution in [3.63, 3.8) is 0 Å². The molecule has 108 valence electrons. The van der Waals surface area contributed by atoms with E-state index in [1.807, 2.05) is 30.1 Å². The van der Waals surface area contributed by atoms with Crippen LogP contribution in [0.2, 0.25) is 5.02 Å². The van der Waals surface area contributed by atoms with Gasteiger partial charge in [-0.25, -0.2) is 0 Å². The van der Waals surface area contributed by atoms with E-state index in [2.05, 4.69) is 12.2 Å². The van der Waals surface area contributed by atoms with Gasteiger partial charge in [0.2, 0.25) is 0 Å². The van der Waals surface area contributed by atoms with E-state index in [4.69, 9.17) is 11.6 Å². The van der Waals surface area contributed by atoms with Gasteiger partial charge in [-0.05, 0) is 44.5 Å². The van der Waals surface area contributed by atoms with Crippen LogP contribution in [0.3, 0.4) is 0 Å². The van der Waals surface area contributed by atoms with Gasteiger partial charge in [0.1, 0.15) is 0 Å². The van der Waals surface area contributed by atoms with Gasteiger partial charge in [0.15, 0.2) is 0 Å². The van der Waals surface area contributed by atoms with Crippen LogP contribution < -0.4 is 10.2 Å². The molecule has 1 rings (SSSR count). The summed E-state index contributed by atoms with van der Waals surface area (Å²) in [6.07, 6.45) is 1.12. The standard InChI is InChI=1S/C15H25ClN2O/c1-5-8-17-10-12-6-7-13(9-14(12)16)18(4)11-15(2,3)19/h6-7,9,17,19H,5,8,10-11H2,1-4H3. The monoisotopic (exact) mass is 284 g/mol. The molecule has 0 aromatic heterocycles. The Hall–Kier alpha value is -0.770. The maximum Gasteiger partial charge on any atom is 0.0765 e. The van der Waals surface area contributed by atoms with Crippen LogP contribution in [-0.2, 0) is 6.54 Å². The maximum atomic E-state index is 9.83. The molecule has 19 heavy (non-hydrogen) atoms. The summed E-state index contributed by atoms with van der Waals surface area (Å²) in [5.74, 6) is 0. The van der Waals surface area contributed by atoms with Crippen LogP contribution in [0, 0.1) is 0 Å². The number of halogens is 1. The normalized spacial score (nSPS) is 11.7. The lowest BCUT2D eigenvalue weighted by molar-refractivity contribution is 0.0886. The van der Waals surface area contributed by atoms with E-state index in [-0.39, 0.29) is 0 Å². The molecule has 0 heterocycles. The van der Waals surface area contributed by atoms with Crippen LogP contribution in [-0.4, -0.2) is 30.8 Å². The Bertz CT molecular complexity index is 402. The van der Waals surface area contributed by atoms with Gasteiger partial charge in [0.25, 0.3) is 0 Å². The van der Waals surface area contributed by atoms with E-state index in [0.717, 1.165) is 35.8 Å². The average Bonchev–Trinajstić information content (AvgIpc) is 2.29. The van der Waals surface area contributed by atoms with E-state index in [9.17, 15) is 5.11 Å². The van der Waals surface area contributed by atoms with Crippen LogP contribution >= 0.6 is 11.6 Å². The number of benzene rings is 1. The quantitative estimate of drug-likeness (QED) is 0.756. The minimum absolute atomic E-state index is 0.566. The van der Waals surface area contributed by atoms with Gasteiger partial charge in [-0.1, -0.05) is 24.6 Å². The van der Waals surface area contributed by atoms with Crippen molar-refractivity contribution < 1.29 is 5.11 Å². The largest absolute Gasteiger partial charge is 0.389 e. The van der Waals surface area contributed by atoms with Gasteiger partial charge in [-0.3, -0.25) is 0 Å². The predicted octanol–water partition coefficient (Wildman–Crippen LogP) is 3.05. The van der Waals surface area contributed by atoms with Crippen LogP contribution in [0.1, 0.15) is 32.8 Å². The first-order valence-corrected chi connectivity index (χ1v) is 7.14. The van der Waals surface area contributed by atoms with Crippen molar-refractivity contribution in [3.8, 4) is 0 Å². The van der Waals surface area contributed by atoms with Crippen LogP contribution in [0.25, 0.3) is 0 Å². The number of nitrogens with one attached hydrogen (secondary N) is 1. The molecule has 1 aromatic carbocycles. The molecule has 0 aliphatic carbocycles. The topological polar surface area (TPSA) is 35.5 Å². The van der Waals surface area contributed by atoms with Crippen molar-refractivity contribution >= 4 is 17.3 Å². The van der Waals surface area contributed by atoms with E-state index in [1.54, 1.807) is 13.8 Å². The molecular formula is C15H25ClN2O. The second-order valence-electron chi connectivity index (χ2n) is 5.62. The first-order chi connectivity index (χ1) is 8.83. The molecule has 0 unspecified atom stereocenters. The average molecular weight is 285 g/mol. The minimum Gasteiger partial charge on any atom is -0.389 e. The molecule has 1 aromatic rings. The summed E-state index contributed by atoms with van der Waals surface area (Å²) in [5.41, 5.74) is 1.41. The number of anilines is 1. The SMILES string of the molecule is CCCNCc1ccc(N(C)CC(C)(C)O)cc1Cl. The molecule has 0 aliphatic rings. The number of hydrogen-bond acceptors (Lipinski definition) is 3. The van der Waals surface area contributed by atoms with Gasteiger partial charge in [-0.15, -0.1) is 0 Å². The van der Waals surface area contributed by atoms with Gasteiger partial charge < -0.3 is 15.3 Å². The van der Waals surface area contributed by atoms with Crippen molar-refractivity contribution in [2.45, 2.75) is 39.3 Å². The molecule has 0 saturated heterocycles. The lowest BCUT2D eigenvalue weighted by Gasteiger charge is -2.27. The fraction of sp³-hybridized carbons (Fsp3) is 0.600. The van der Waals surface area contributed by atoms with Crippen molar-refractivity contribution in [1.82, 2.24) is 5.32 Å². The highest BCUT2D eigenvalue weighted by Crippen LogP contribution is 2.24. The summed E-state index contributed by atoms with van der Waals surface area (Å²) >= 11 is 6.29. The third-order valence-electron chi connectivity index (χ3n) is 2.84. The number of rotatable bonds is 7. The first-order valence-electron chi connectivity index (χ1n) is 6.76. The van der Waals surface area contributed by atoms with Gasteiger partial charge in [0.05, 0.1) is 5.60 Å². The van der Waals surface area contributed by atoms with E-state index in [1.165, 1.54) is 0 Å². The highest BCUT2D eigenvalue weighted by molar-refractivity contribution is 6.31. The Kier molecular flexibility index (Phi) is 6.11. The van der Waals surface area contributed by atoms with Gasteiger partial charge >= 0.3 is 0 Å². The minimum atomic E-state index is -0.720. The lowest BCUT2D eigenvalue weighted by Crippen LogP contribution is -2.36. The summed E-state index contributed by atoms with van der Waals surface area (Å²) in [4.78, 5) is 2.01. The first kappa shape index (κ1) is 16.3. The zero-order chi connectivity index (χ0) is 14.5. The molecule has 0 radical (unpaired) electrons. The Balaban J connectivity index is 2.70. The fourth-order valence-electron chi connectivity index (χ4n) is 1.99. The molecule has 0 bridgehead atoms. The van der Waals surface area contributed by atoms with E-state index in [0.29, 0.717) is 6.54 Å². The molecular weight excluding hydrogens is 260 g/mol. The molecule has 0 aliphatic heterocycles. The zero-order valence-electron chi connectivity index (χ0n) is 12.3. The smallest absolute Gasteiger partial charge is 0.0765 e. The van der Waals surface area contributed by atoms with Gasteiger partial charge in [-0.2, -0.15) is 0 Å². The highest BCUT2D eigenvalue weighted by Gasteiger charge is 2.16. The Morgan fingerprint density at radius 3 is 2.58 bits per heavy atom. The summed E-state index contributed by atoms with van der Waals surface area (Å²) in [6.45, 7) is 8.10. The molecule has 0 fully saturated rings. The molecule has 0 spiro atoms. The van der Waals surface area contributed by atoms with Gasteiger partial charge in [0, 0.05) is 30.8 Å². The van der Waals surface area contributed by atoms with Crippen LogP contribution in [0.5, 0.6) is 0 Å². The summed E-state index contributed by atoms with van der Waals surface area (Å²) in [6, 6.07) is 6.04. The van der Waals surface area contributed by atoms with Crippen molar-refractivity contribution in [3.05, 3.63) is 28.8 Å². The van der Waals surface area contributed by atoms with Crippen molar-refractivity contribution in [1.29, 1.82) is 0 Å². The predicted molar refractivity (Wildman–Crippen MR) is 83.0 cm³/mol. The molecule has 0 amide bonds. The van der Waals surface area contributed by atoms with E-state index < -0.39 is 5.60 Å². The molecule has 3 nitrogen and oxygen atoms in total. The number of hydrogen-bond donors (Lipinski definition) is 2. The summed E-state index contributed by atoms with van der Waals surface area (Å²) < 4.78 is 0. The highest BCUT2D eigenvalue weighted by atomic mass is 35.5. The second-order valence-corrected chi connectivity index (χ2v) is 6.03. The third kappa shape index (κ3) is 5.81. The van der Waals surface area contributed by atoms with E-state index >= 15 is 0 Å².